The van der Waals surface area contributed by atoms with Crippen molar-refractivity contribution in [2.45, 2.75) is 19.8 Å². The van der Waals surface area contributed by atoms with E-state index in [1.165, 1.54) is 0 Å². The summed E-state index contributed by atoms with van der Waals surface area (Å²) in [5, 5.41) is 11.4. The van der Waals surface area contributed by atoms with Gasteiger partial charge in [0.05, 0.1) is 0 Å². The van der Waals surface area contributed by atoms with E-state index < -0.39 is 0 Å². The van der Waals surface area contributed by atoms with Crippen LogP contribution in [-0.2, 0) is 4.79 Å². The Morgan fingerprint density at radius 3 is 2.80 bits per heavy atom. The van der Waals surface area contributed by atoms with E-state index in [0.29, 0.717) is 13.1 Å². The van der Waals surface area contributed by atoms with Gasteiger partial charge in [0.25, 0.3) is 0 Å². The number of thioether (sulfide) groups is 1. The highest BCUT2D eigenvalue weighted by Gasteiger charge is 2.12. The minimum atomic E-state index is -0.0487. The Hall–Kier alpha value is -0.260. The summed E-state index contributed by atoms with van der Waals surface area (Å²) in [6, 6.07) is 0. The maximum Gasteiger partial charge on any atom is 0.224 e. The third-order valence-electron chi connectivity index (χ3n) is 2.14. The van der Waals surface area contributed by atoms with Crippen molar-refractivity contribution in [1.82, 2.24) is 5.32 Å². The molecule has 0 radical (unpaired) electrons. The van der Waals surface area contributed by atoms with E-state index >= 15 is 0 Å². The standard InChI is InChI=1S/C10H22N2O2S/c1-2-9(8-11)10(14)12-4-7-15-6-3-5-13/h9,13H,2-8,11H2,1H3,(H,12,14). The number of rotatable bonds is 9. The van der Waals surface area contributed by atoms with E-state index in [4.69, 9.17) is 10.8 Å². The van der Waals surface area contributed by atoms with Gasteiger partial charge in [-0.2, -0.15) is 11.8 Å². The SMILES string of the molecule is CCC(CN)C(=O)NCCSCCCO. The van der Waals surface area contributed by atoms with Crippen LogP contribution in [0, 0.1) is 5.92 Å². The van der Waals surface area contributed by atoms with Crippen LogP contribution in [0.2, 0.25) is 0 Å². The van der Waals surface area contributed by atoms with Gasteiger partial charge in [0.2, 0.25) is 5.91 Å². The Bertz CT molecular complexity index is 164. The Labute approximate surface area is 96.0 Å². The molecule has 0 saturated carbocycles. The zero-order valence-corrected chi connectivity index (χ0v) is 10.2. The van der Waals surface area contributed by atoms with Gasteiger partial charge in [0.15, 0.2) is 0 Å². The summed E-state index contributed by atoms with van der Waals surface area (Å²) in [5.41, 5.74) is 5.46. The fourth-order valence-corrected chi connectivity index (χ4v) is 1.90. The second kappa shape index (κ2) is 10.3. The first-order chi connectivity index (χ1) is 7.26. The van der Waals surface area contributed by atoms with Crippen molar-refractivity contribution in [3.8, 4) is 0 Å². The molecular formula is C10H22N2O2S. The fraction of sp³-hybridized carbons (Fsp3) is 0.900. The van der Waals surface area contributed by atoms with Crippen LogP contribution < -0.4 is 11.1 Å². The highest BCUT2D eigenvalue weighted by atomic mass is 32.2. The van der Waals surface area contributed by atoms with Gasteiger partial charge in [-0.3, -0.25) is 4.79 Å². The smallest absolute Gasteiger partial charge is 0.224 e. The maximum atomic E-state index is 11.5. The molecule has 90 valence electrons. The van der Waals surface area contributed by atoms with Gasteiger partial charge >= 0.3 is 0 Å². The second-order valence-electron chi connectivity index (χ2n) is 3.32. The summed E-state index contributed by atoms with van der Waals surface area (Å²) < 4.78 is 0. The number of aliphatic hydroxyl groups is 1. The largest absolute Gasteiger partial charge is 0.396 e. The molecule has 0 aliphatic carbocycles. The number of nitrogens with two attached hydrogens (primary N) is 1. The molecule has 0 aromatic carbocycles. The van der Waals surface area contributed by atoms with Crippen molar-refractivity contribution in [3.63, 3.8) is 0 Å². The number of carbonyl (C=O) groups is 1. The molecule has 0 bridgehead atoms. The van der Waals surface area contributed by atoms with Crippen LogP contribution in [0.5, 0.6) is 0 Å². The van der Waals surface area contributed by atoms with Gasteiger partial charge in [0, 0.05) is 31.4 Å². The van der Waals surface area contributed by atoms with Crippen LogP contribution in [0.15, 0.2) is 0 Å². The number of amides is 1. The quantitative estimate of drug-likeness (QED) is 0.498. The van der Waals surface area contributed by atoms with Crippen molar-refractivity contribution in [2.24, 2.45) is 11.7 Å². The summed E-state index contributed by atoms with van der Waals surface area (Å²) in [7, 11) is 0. The van der Waals surface area contributed by atoms with Crippen LogP contribution in [0.25, 0.3) is 0 Å². The Morgan fingerprint density at radius 1 is 1.53 bits per heavy atom. The highest BCUT2D eigenvalue weighted by Crippen LogP contribution is 2.02. The van der Waals surface area contributed by atoms with Gasteiger partial charge in [-0.25, -0.2) is 0 Å². The molecule has 1 unspecified atom stereocenters. The van der Waals surface area contributed by atoms with Gasteiger partial charge in [-0.15, -0.1) is 0 Å². The van der Waals surface area contributed by atoms with E-state index in [9.17, 15) is 4.79 Å². The number of hydrogen-bond acceptors (Lipinski definition) is 4. The lowest BCUT2D eigenvalue weighted by Gasteiger charge is -2.12. The van der Waals surface area contributed by atoms with Crippen molar-refractivity contribution in [1.29, 1.82) is 0 Å². The minimum Gasteiger partial charge on any atom is -0.396 e. The van der Waals surface area contributed by atoms with Crippen molar-refractivity contribution in [3.05, 3.63) is 0 Å². The first-order valence-corrected chi connectivity index (χ1v) is 6.58. The van der Waals surface area contributed by atoms with E-state index in [2.05, 4.69) is 5.32 Å². The van der Waals surface area contributed by atoms with Crippen molar-refractivity contribution < 1.29 is 9.90 Å². The lowest BCUT2D eigenvalue weighted by molar-refractivity contribution is -0.124. The van der Waals surface area contributed by atoms with Crippen LogP contribution in [-0.4, -0.2) is 42.2 Å². The zero-order valence-electron chi connectivity index (χ0n) is 9.37. The third-order valence-corrected chi connectivity index (χ3v) is 3.21. The monoisotopic (exact) mass is 234 g/mol. The zero-order chi connectivity index (χ0) is 11.5. The number of carbonyl (C=O) groups excluding carboxylic acids is 1. The normalized spacial score (nSPS) is 12.5. The summed E-state index contributed by atoms with van der Waals surface area (Å²) in [6.45, 7) is 3.31. The first kappa shape index (κ1) is 14.7. The Kier molecular flexibility index (Phi) is 10.1. The minimum absolute atomic E-state index is 0.0487. The summed E-state index contributed by atoms with van der Waals surface area (Å²) in [5.74, 6) is 1.85. The number of hydrogen-bond donors (Lipinski definition) is 3. The summed E-state index contributed by atoms with van der Waals surface area (Å²) in [4.78, 5) is 11.5. The van der Waals surface area contributed by atoms with E-state index in [-0.39, 0.29) is 18.4 Å². The van der Waals surface area contributed by atoms with E-state index in [1.807, 2.05) is 6.92 Å². The molecule has 15 heavy (non-hydrogen) atoms. The van der Waals surface area contributed by atoms with Crippen LogP contribution in [0.4, 0.5) is 0 Å². The van der Waals surface area contributed by atoms with Crippen molar-refractivity contribution >= 4 is 17.7 Å². The molecule has 4 N–H and O–H groups in total. The molecule has 0 saturated heterocycles. The molecular weight excluding hydrogens is 212 g/mol. The predicted molar refractivity (Wildman–Crippen MR) is 64.9 cm³/mol. The van der Waals surface area contributed by atoms with Crippen LogP contribution in [0.3, 0.4) is 0 Å². The lowest BCUT2D eigenvalue weighted by Crippen LogP contribution is -2.35. The van der Waals surface area contributed by atoms with Gasteiger partial charge in [-0.05, 0) is 18.6 Å². The van der Waals surface area contributed by atoms with Gasteiger partial charge in [0.1, 0.15) is 0 Å². The summed E-state index contributed by atoms with van der Waals surface area (Å²) >= 11 is 1.74. The molecule has 0 fully saturated rings. The highest BCUT2D eigenvalue weighted by molar-refractivity contribution is 7.99. The van der Waals surface area contributed by atoms with Gasteiger partial charge < -0.3 is 16.2 Å². The topological polar surface area (TPSA) is 75.4 Å². The molecule has 1 atom stereocenters. The molecule has 0 rings (SSSR count). The molecule has 5 heteroatoms. The van der Waals surface area contributed by atoms with Crippen molar-refractivity contribution in [2.75, 3.05) is 31.2 Å². The first-order valence-electron chi connectivity index (χ1n) is 5.42. The molecule has 0 aromatic rings. The molecule has 1 amide bonds. The molecule has 0 aromatic heterocycles. The average Bonchev–Trinajstić information content (AvgIpc) is 2.25. The van der Waals surface area contributed by atoms with E-state index in [0.717, 1.165) is 24.3 Å². The Morgan fingerprint density at radius 2 is 2.27 bits per heavy atom. The number of aliphatic hydroxyl groups excluding tert-OH is 1. The molecule has 0 aliphatic rings. The summed E-state index contributed by atoms with van der Waals surface area (Å²) in [6.07, 6.45) is 1.61. The Balaban J connectivity index is 3.38. The van der Waals surface area contributed by atoms with Gasteiger partial charge in [-0.1, -0.05) is 6.92 Å². The average molecular weight is 234 g/mol. The molecule has 0 aliphatic heterocycles. The molecule has 0 heterocycles. The van der Waals surface area contributed by atoms with Crippen LogP contribution >= 0.6 is 11.8 Å². The predicted octanol–water partition coefficient (Wildman–Crippen LogP) is 0.203. The third kappa shape index (κ3) is 7.64. The molecule has 0 spiro atoms. The van der Waals surface area contributed by atoms with E-state index in [1.54, 1.807) is 11.8 Å². The van der Waals surface area contributed by atoms with Crippen LogP contribution in [0.1, 0.15) is 19.8 Å². The lowest BCUT2D eigenvalue weighted by atomic mass is 10.1. The number of nitrogens with one attached hydrogen (secondary N) is 1. The molecule has 4 nitrogen and oxygen atoms in total. The fourth-order valence-electron chi connectivity index (χ4n) is 1.12. The maximum absolute atomic E-state index is 11.5. The second-order valence-corrected chi connectivity index (χ2v) is 4.55.